The molecule has 0 fully saturated rings. The molecule has 2 atom stereocenters. The molecule has 0 saturated carbocycles. The predicted octanol–water partition coefficient (Wildman–Crippen LogP) is 6.39. The average molecular weight is 449 g/mol. The Morgan fingerprint density at radius 2 is 1.61 bits per heavy atom. The maximum atomic E-state index is 13.1. The molecule has 0 bridgehead atoms. The lowest BCUT2D eigenvalue weighted by molar-refractivity contribution is -0.122. The number of carbonyl (C=O) groups excluding carboxylic acids is 2. The predicted molar refractivity (Wildman–Crippen MR) is 129 cm³/mol. The molecule has 0 aliphatic heterocycles. The van der Waals surface area contributed by atoms with Crippen LogP contribution in [0.1, 0.15) is 55.5 Å². The molecule has 3 aromatic rings. The van der Waals surface area contributed by atoms with Gasteiger partial charge in [0.15, 0.2) is 6.10 Å². The average Bonchev–Trinajstić information content (AvgIpc) is 2.83. The lowest BCUT2D eigenvalue weighted by atomic mass is 9.98. The Labute approximate surface area is 194 Å². The summed E-state index contributed by atoms with van der Waals surface area (Å²) in [4.78, 5) is 25.5. The number of anilines is 2. The smallest absolute Gasteiger partial charge is 0.265 e. The minimum Gasteiger partial charge on any atom is -0.480 e. The minimum atomic E-state index is -0.674. The van der Waals surface area contributed by atoms with E-state index in [-0.39, 0.29) is 17.6 Å². The number of halogens is 1. The van der Waals surface area contributed by atoms with Crippen LogP contribution in [0.3, 0.4) is 0 Å². The van der Waals surface area contributed by atoms with Gasteiger partial charge in [-0.05, 0) is 72.9 Å². The maximum Gasteiger partial charge on any atom is 0.265 e. The van der Waals surface area contributed by atoms with Crippen LogP contribution in [0, 0.1) is 5.82 Å². The number of nitrogens with one attached hydrogen (secondary N) is 2. The molecule has 3 aromatic carbocycles. The molecule has 0 saturated heterocycles. The lowest BCUT2D eigenvalue weighted by Crippen LogP contribution is -2.32. The van der Waals surface area contributed by atoms with Gasteiger partial charge in [0.05, 0.1) is 0 Å². The first-order chi connectivity index (χ1) is 15.9. The zero-order valence-electron chi connectivity index (χ0n) is 19.1. The zero-order valence-corrected chi connectivity index (χ0v) is 19.1. The first-order valence-electron chi connectivity index (χ1n) is 11.1. The summed E-state index contributed by atoms with van der Waals surface area (Å²) in [7, 11) is 0. The van der Waals surface area contributed by atoms with Crippen molar-refractivity contribution in [3.8, 4) is 5.75 Å². The van der Waals surface area contributed by atoms with E-state index in [0.29, 0.717) is 35.0 Å². The molecule has 2 amide bonds. The molecule has 0 spiro atoms. The Hall–Kier alpha value is -3.67. The summed E-state index contributed by atoms with van der Waals surface area (Å²) in [5.74, 6) is 0.00699. The van der Waals surface area contributed by atoms with Crippen LogP contribution in [0.5, 0.6) is 5.75 Å². The molecule has 0 heterocycles. The van der Waals surface area contributed by atoms with Gasteiger partial charge in [-0.25, -0.2) is 4.39 Å². The Balaban J connectivity index is 1.69. The first kappa shape index (κ1) is 24.0. The molecule has 0 radical (unpaired) electrons. The number of para-hydroxylation sites is 1. The fraction of sp³-hybridized carbons (Fsp3) is 0.259. The number of amides is 2. The summed E-state index contributed by atoms with van der Waals surface area (Å²) < 4.78 is 19.2. The summed E-state index contributed by atoms with van der Waals surface area (Å²) in [5.41, 5.74) is 2.41. The third-order valence-electron chi connectivity index (χ3n) is 5.49. The van der Waals surface area contributed by atoms with Gasteiger partial charge < -0.3 is 15.4 Å². The van der Waals surface area contributed by atoms with Crippen molar-refractivity contribution in [3.63, 3.8) is 0 Å². The van der Waals surface area contributed by atoms with Gasteiger partial charge in [0.1, 0.15) is 11.6 Å². The molecule has 2 unspecified atom stereocenters. The second kappa shape index (κ2) is 11.3. The molecule has 33 heavy (non-hydrogen) atoms. The van der Waals surface area contributed by atoms with Gasteiger partial charge in [0.2, 0.25) is 0 Å². The third kappa shape index (κ3) is 6.42. The fourth-order valence-electron chi connectivity index (χ4n) is 3.39. The Bertz CT molecular complexity index is 1100. The highest BCUT2D eigenvalue weighted by Crippen LogP contribution is 2.29. The standard InChI is InChI=1S/C27H29FN2O3/c1-4-18(3)23-11-6-7-12-25(23)33-24(5-2)27(32)30-22-10-8-9-19(17-22)26(31)29-21-15-13-20(28)14-16-21/h6-18,24H,4-5H2,1-3H3,(H,29,31)(H,30,32). The van der Waals surface area contributed by atoms with E-state index < -0.39 is 6.10 Å². The van der Waals surface area contributed by atoms with Crippen LogP contribution in [0.25, 0.3) is 0 Å². The molecule has 0 aromatic heterocycles. The van der Waals surface area contributed by atoms with Crippen molar-refractivity contribution in [3.05, 3.63) is 89.7 Å². The summed E-state index contributed by atoms with van der Waals surface area (Å²) in [6.07, 6.45) is 0.786. The highest BCUT2D eigenvalue weighted by atomic mass is 19.1. The fourth-order valence-corrected chi connectivity index (χ4v) is 3.39. The number of benzene rings is 3. The molecule has 6 heteroatoms. The second-order valence-corrected chi connectivity index (χ2v) is 7.89. The topological polar surface area (TPSA) is 67.4 Å². The molecule has 172 valence electrons. The van der Waals surface area contributed by atoms with Gasteiger partial charge in [0.25, 0.3) is 11.8 Å². The van der Waals surface area contributed by atoms with E-state index in [9.17, 15) is 14.0 Å². The van der Waals surface area contributed by atoms with Crippen LogP contribution >= 0.6 is 0 Å². The zero-order chi connectivity index (χ0) is 23.8. The van der Waals surface area contributed by atoms with E-state index in [1.807, 2.05) is 31.2 Å². The number of hydrogen-bond donors (Lipinski definition) is 2. The molecular formula is C27H29FN2O3. The van der Waals surface area contributed by atoms with E-state index in [0.717, 1.165) is 12.0 Å². The normalized spacial score (nSPS) is 12.5. The second-order valence-electron chi connectivity index (χ2n) is 7.89. The van der Waals surface area contributed by atoms with Crippen molar-refractivity contribution in [2.24, 2.45) is 0 Å². The number of hydrogen-bond acceptors (Lipinski definition) is 3. The summed E-state index contributed by atoms with van der Waals surface area (Å²) in [6.45, 7) is 6.14. The van der Waals surface area contributed by atoms with E-state index >= 15 is 0 Å². The van der Waals surface area contributed by atoms with E-state index in [1.54, 1.807) is 24.3 Å². The number of rotatable bonds is 9. The highest BCUT2D eigenvalue weighted by Gasteiger charge is 2.21. The number of carbonyl (C=O) groups is 2. The van der Waals surface area contributed by atoms with Gasteiger partial charge in [-0.15, -0.1) is 0 Å². The lowest BCUT2D eigenvalue weighted by Gasteiger charge is -2.21. The van der Waals surface area contributed by atoms with Gasteiger partial charge in [0, 0.05) is 16.9 Å². The monoisotopic (exact) mass is 448 g/mol. The quantitative estimate of drug-likeness (QED) is 0.399. The van der Waals surface area contributed by atoms with Crippen LogP contribution in [-0.4, -0.2) is 17.9 Å². The van der Waals surface area contributed by atoms with Crippen molar-refractivity contribution in [1.82, 2.24) is 0 Å². The van der Waals surface area contributed by atoms with Gasteiger partial charge in [-0.1, -0.05) is 45.0 Å². The molecular weight excluding hydrogens is 419 g/mol. The van der Waals surface area contributed by atoms with Crippen molar-refractivity contribution >= 4 is 23.2 Å². The van der Waals surface area contributed by atoms with Crippen molar-refractivity contribution in [2.75, 3.05) is 10.6 Å². The molecule has 0 aliphatic rings. The maximum absolute atomic E-state index is 13.1. The van der Waals surface area contributed by atoms with Crippen LogP contribution in [0.4, 0.5) is 15.8 Å². The SMILES string of the molecule is CCC(Oc1ccccc1C(C)CC)C(=O)Nc1cccc(C(=O)Nc2ccc(F)cc2)c1. The molecule has 0 aliphatic carbocycles. The Kier molecular flexibility index (Phi) is 8.19. The first-order valence-corrected chi connectivity index (χ1v) is 11.1. The van der Waals surface area contributed by atoms with Gasteiger partial charge in [-0.3, -0.25) is 9.59 Å². The Morgan fingerprint density at radius 1 is 0.879 bits per heavy atom. The van der Waals surface area contributed by atoms with Crippen molar-refractivity contribution < 1.29 is 18.7 Å². The van der Waals surface area contributed by atoms with Crippen LogP contribution in [0.2, 0.25) is 0 Å². The minimum absolute atomic E-state index is 0.285. The number of ether oxygens (including phenoxy) is 1. The molecule has 5 nitrogen and oxygen atoms in total. The van der Waals surface area contributed by atoms with E-state index in [2.05, 4.69) is 24.5 Å². The largest absolute Gasteiger partial charge is 0.480 e. The summed E-state index contributed by atoms with van der Waals surface area (Å²) in [6, 6.07) is 19.9. The van der Waals surface area contributed by atoms with Crippen LogP contribution in [0.15, 0.2) is 72.8 Å². The van der Waals surface area contributed by atoms with E-state index in [1.165, 1.54) is 24.3 Å². The van der Waals surface area contributed by atoms with Crippen molar-refractivity contribution in [2.45, 2.75) is 45.6 Å². The highest BCUT2D eigenvalue weighted by molar-refractivity contribution is 6.05. The summed E-state index contributed by atoms with van der Waals surface area (Å²) >= 11 is 0. The van der Waals surface area contributed by atoms with Crippen LogP contribution < -0.4 is 15.4 Å². The van der Waals surface area contributed by atoms with Gasteiger partial charge in [-0.2, -0.15) is 0 Å². The van der Waals surface area contributed by atoms with Gasteiger partial charge >= 0.3 is 0 Å². The Morgan fingerprint density at radius 3 is 2.30 bits per heavy atom. The van der Waals surface area contributed by atoms with E-state index in [4.69, 9.17) is 4.74 Å². The van der Waals surface area contributed by atoms with Crippen molar-refractivity contribution in [1.29, 1.82) is 0 Å². The third-order valence-corrected chi connectivity index (χ3v) is 5.49. The molecule has 3 rings (SSSR count). The molecule has 2 N–H and O–H groups in total. The summed E-state index contributed by atoms with van der Waals surface area (Å²) in [5, 5.41) is 5.56. The van der Waals surface area contributed by atoms with Crippen LogP contribution in [-0.2, 0) is 4.79 Å².